The van der Waals surface area contributed by atoms with Gasteiger partial charge in [-0.3, -0.25) is 4.98 Å². The van der Waals surface area contributed by atoms with E-state index in [0.717, 1.165) is 16.9 Å². The van der Waals surface area contributed by atoms with Crippen LogP contribution >= 0.6 is 0 Å². The Morgan fingerprint density at radius 1 is 0.575 bits per heavy atom. The second-order valence-corrected chi connectivity index (χ2v) is 10.3. The van der Waals surface area contributed by atoms with Crippen molar-refractivity contribution in [3.63, 3.8) is 0 Å². The number of pyridine rings is 2. The third kappa shape index (κ3) is 3.18. The summed E-state index contributed by atoms with van der Waals surface area (Å²) in [7, 11) is 0. The van der Waals surface area contributed by atoms with E-state index in [-0.39, 0.29) is 0 Å². The second-order valence-electron chi connectivity index (χ2n) is 10.3. The Morgan fingerprint density at radius 2 is 1.32 bits per heavy atom. The zero-order valence-electron chi connectivity index (χ0n) is 21.8. The molecule has 0 saturated carbocycles. The Kier molecular flexibility index (Phi) is 5.04. The highest BCUT2D eigenvalue weighted by molar-refractivity contribution is 6.03. The van der Waals surface area contributed by atoms with E-state index < -0.39 is 5.41 Å². The van der Waals surface area contributed by atoms with Gasteiger partial charge in [0, 0.05) is 41.3 Å². The number of rotatable bonds is 4. The second kappa shape index (κ2) is 8.89. The van der Waals surface area contributed by atoms with Crippen molar-refractivity contribution in [2.45, 2.75) is 5.41 Å². The van der Waals surface area contributed by atoms with Gasteiger partial charge in [0.15, 0.2) is 0 Å². The summed E-state index contributed by atoms with van der Waals surface area (Å²) in [6.45, 7) is 0. The van der Waals surface area contributed by atoms with Crippen LogP contribution in [0.4, 0.5) is 0 Å². The standard InChI is InChI=1S/C37H25N3/c1-3-11-29(12-4-1)37(30-13-5-2-6-14-30)32-16-8-7-15-31(32)35-33(37)18-17-26-20-23-40(36(26)35)34-24-27(19-22-39-34)28-10-9-21-38-25-28/h1-25H. The molecule has 0 unspecified atom stereocenters. The van der Waals surface area contributed by atoms with Crippen molar-refractivity contribution >= 4 is 10.9 Å². The highest BCUT2D eigenvalue weighted by atomic mass is 15.0. The van der Waals surface area contributed by atoms with E-state index in [0.29, 0.717) is 0 Å². The molecular weight excluding hydrogens is 486 g/mol. The molecule has 0 amide bonds. The minimum Gasteiger partial charge on any atom is -0.301 e. The molecular formula is C37H25N3. The van der Waals surface area contributed by atoms with Gasteiger partial charge in [0.1, 0.15) is 5.82 Å². The van der Waals surface area contributed by atoms with Crippen LogP contribution in [0.2, 0.25) is 0 Å². The smallest absolute Gasteiger partial charge is 0.137 e. The number of benzene rings is 4. The Labute approximate surface area is 233 Å². The molecule has 0 radical (unpaired) electrons. The highest BCUT2D eigenvalue weighted by Gasteiger charge is 2.46. The quantitative estimate of drug-likeness (QED) is 0.237. The fraction of sp³-hybridized carbons (Fsp3) is 0.0270. The van der Waals surface area contributed by atoms with Crippen LogP contribution in [0, 0.1) is 0 Å². The summed E-state index contributed by atoms with van der Waals surface area (Å²) in [6, 6.07) is 45.8. The Hall–Kier alpha value is -5.28. The summed E-state index contributed by atoms with van der Waals surface area (Å²) in [4.78, 5) is 9.16. The average molecular weight is 512 g/mol. The Bertz CT molecular complexity index is 1950. The van der Waals surface area contributed by atoms with Gasteiger partial charge in [-0.05, 0) is 57.6 Å². The molecule has 8 rings (SSSR count). The molecule has 188 valence electrons. The van der Waals surface area contributed by atoms with E-state index in [1.807, 2.05) is 24.5 Å². The van der Waals surface area contributed by atoms with Gasteiger partial charge in [-0.15, -0.1) is 0 Å². The predicted octanol–water partition coefficient (Wildman–Crippen LogP) is 8.45. The molecule has 7 aromatic rings. The lowest BCUT2D eigenvalue weighted by atomic mass is 9.67. The molecule has 0 bridgehead atoms. The molecule has 0 N–H and O–H groups in total. The Morgan fingerprint density at radius 3 is 2.08 bits per heavy atom. The number of fused-ring (bicyclic) bond motifs is 5. The van der Waals surface area contributed by atoms with E-state index in [1.165, 1.54) is 44.3 Å². The third-order valence-corrected chi connectivity index (χ3v) is 8.26. The topological polar surface area (TPSA) is 30.7 Å². The molecule has 0 aliphatic heterocycles. The molecule has 0 spiro atoms. The summed E-state index contributed by atoms with van der Waals surface area (Å²) < 4.78 is 2.25. The maximum atomic E-state index is 4.83. The molecule has 3 heteroatoms. The van der Waals surface area contributed by atoms with Crippen LogP contribution in [0.1, 0.15) is 22.3 Å². The first kappa shape index (κ1) is 22.7. The van der Waals surface area contributed by atoms with Gasteiger partial charge in [0.2, 0.25) is 0 Å². The molecule has 0 saturated heterocycles. The predicted molar refractivity (Wildman–Crippen MR) is 162 cm³/mol. The average Bonchev–Trinajstić information content (AvgIpc) is 3.60. The number of nitrogens with zero attached hydrogens (tertiary/aromatic N) is 3. The van der Waals surface area contributed by atoms with Crippen LogP contribution in [0.25, 0.3) is 39.0 Å². The fourth-order valence-corrected chi connectivity index (χ4v) is 6.61. The van der Waals surface area contributed by atoms with Gasteiger partial charge in [0.05, 0.1) is 10.9 Å². The van der Waals surface area contributed by atoms with Gasteiger partial charge in [-0.1, -0.05) is 103 Å². The number of aromatic nitrogens is 3. The van der Waals surface area contributed by atoms with Crippen LogP contribution in [0.5, 0.6) is 0 Å². The van der Waals surface area contributed by atoms with E-state index in [9.17, 15) is 0 Å². The first-order chi connectivity index (χ1) is 19.9. The van der Waals surface area contributed by atoms with Crippen molar-refractivity contribution in [1.29, 1.82) is 0 Å². The number of hydrogen-bond donors (Lipinski definition) is 0. The largest absolute Gasteiger partial charge is 0.301 e. The fourth-order valence-electron chi connectivity index (χ4n) is 6.61. The monoisotopic (exact) mass is 511 g/mol. The van der Waals surface area contributed by atoms with Gasteiger partial charge < -0.3 is 4.57 Å². The Balaban J connectivity index is 1.46. The molecule has 3 heterocycles. The lowest BCUT2D eigenvalue weighted by molar-refractivity contribution is 0.769. The van der Waals surface area contributed by atoms with Gasteiger partial charge in [-0.2, -0.15) is 0 Å². The molecule has 1 aliphatic rings. The van der Waals surface area contributed by atoms with Gasteiger partial charge >= 0.3 is 0 Å². The van der Waals surface area contributed by atoms with Crippen molar-refractivity contribution in [2.75, 3.05) is 0 Å². The van der Waals surface area contributed by atoms with Crippen molar-refractivity contribution < 1.29 is 0 Å². The zero-order chi connectivity index (χ0) is 26.5. The van der Waals surface area contributed by atoms with Crippen molar-refractivity contribution in [3.05, 3.63) is 174 Å². The van der Waals surface area contributed by atoms with Crippen molar-refractivity contribution in [2.24, 2.45) is 0 Å². The number of hydrogen-bond acceptors (Lipinski definition) is 2. The van der Waals surface area contributed by atoms with Crippen LogP contribution in [0.3, 0.4) is 0 Å². The first-order valence-electron chi connectivity index (χ1n) is 13.6. The van der Waals surface area contributed by atoms with E-state index in [4.69, 9.17) is 4.98 Å². The summed E-state index contributed by atoms with van der Waals surface area (Å²) in [5.74, 6) is 0.888. The summed E-state index contributed by atoms with van der Waals surface area (Å²) in [6.07, 6.45) is 7.74. The van der Waals surface area contributed by atoms with Crippen molar-refractivity contribution in [3.8, 4) is 28.1 Å². The zero-order valence-corrected chi connectivity index (χ0v) is 21.8. The molecule has 3 nitrogen and oxygen atoms in total. The summed E-state index contributed by atoms with van der Waals surface area (Å²) in [5.41, 5.74) is 10.6. The van der Waals surface area contributed by atoms with E-state index in [2.05, 4.69) is 131 Å². The molecule has 0 atom stereocenters. The molecule has 3 aromatic heterocycles. The normalized spacial score (nSPS) is 13.2. The van der Waals surface area contributed by atoms with Crippen LogP contribution in [-0.4, -0.2) is 14.5 Å². The van der Waals surface area contributed by atoms with Gasteiger partial charge in [0.25, 0.3) is 0 Å². The molecule has 1 aliphatic carbocycles. The van der Waals surface area contributed by atoms with Crippen LogP contribution in [-0.2, 0) is 5.41 Å². The summed E-state index contributed by atoms with van der Waals surface area (Å²) >= 11 is 0. The van der Waals surface area contributed by atoms with Crippen molar-refractivity contribution in [1.82, 2.24) is 14.5 Å². The maximum Gasteiger partial charge on any atom is 0.137 e. The molecule has 0 fully saturated rings. The maximum absolute atomic E-state index is 4.83. The van der Waals surface area contributed by atoms with Crippen LogP contribution < -0.4 is 0 Å². The van der Waals surface area contributed by atoms with Gasteiger partial charge in [-0.25, -0.2) is 4.98 Å². The van der Waals surface area contributed by atoms with E-state index >= 15 is 0 Å². The lowest BCUT2D eigenvalue weighted by Gasteiger charge is -2.33. The first-order valence-corrected chi connectivity index (χ1v) is 13.6. The third-order valence-electron chi connectivity index (χ3n) is 8.26. The SMILES string of the molecule is c1ccc(C2(c3ccccc3)c3ccccc3-c3c2ccc2ccn(-c4cc(-c5cccnc5)ccn4)c32)cc1. The molecule has 4 aromatic carbocycles. The minimum atomic E-state index is -0.428. The van der Waals surface area contributed by atoms with E-state index in [1.54, 1.807) is 6.20 Å². The van der Waals surface area contributed by atoms with Crippen LogP contribution in [0.15, 0.2) is 152 Å². The minimum absolute atomic E-state index is 0.428. The summed E-state index contributed by atoms with van der Waals surface area (Å²) in [5, 5.41) is 1.19. The lowest BCUT2D eigenvalue weighted by Crippen LogP contribution is -2.28. The molecule has 40 heavy (non-hydrogen) atoms. The highest BCUT2D eigenvalue weighted by Crippen LogP contribution is 2.57.